The van der Waals surface area contributed by atoms with E-state index in [4.69, 9.17) is 0 Å². The second kappa shape index (κ2) is 7.73. The summed E-state index contributed by atoms with van der Waals surface area (Å²) < 4.78 is 13.6. The summed E-state index contributed by atoms with van der Waals surface area (Å²) in [5.74, 6) is 0.0839. The van der Waals surface area contributed by atoms with Crippen LogP contribution in [0.2, 0.25) is 0 Å². The maximum absolute atomic E-state index is 13.6. The smallest absolute Gasteiger partial charge is 0.245 e. The molecular formula is C21H25FN4O2. The number of hydrogen-bond acceptors (Lipinski definition) is 3. The van der Waals surface area contributed by atoms with Gasteiger partial charge in [0.25, 0.3) is 0 Å². The van der Waals surface area contributed by atoms with E-state index in [1.807, 2.05) is 17.9 Å². The quantitative estimate of drug-likeness (QED) is 0.881. The van der Waals surface area contributed by atoms with E-state index in [9.17, 15) is 14.0 Å². The van der Waals surface area contributed by atoms with Gasteiger partial charge in [-0.25, -0.2) is 4.39 Å². The summed E-state index contributed by atoms with van der Waals surface area (Å²) >= 11 is 0. The van der Waals surface area contributed by atoms with Crippen molar-refractivity contribution in [3.63, 3.8) is 0 Å². The van der Waals surface area contributed by atoms with E-state index >= 15 is 0 Å². The molecule has 2 saturated heterocycles. The number of H-pyrrole nitrogens is 1. The van der Waals surface area contributed by atoms with Gasteiger partial charge in [0.15, 0.2) is 0 Å². The Morgan fingerprint density at radius 1 is 1.29 bits per heavy atom. The van der Waals surface area contributed by atoms with Crippen LogP contribution in [-0.4, -0.2) is 57.5 Å². The monoisotopic (exact) mass is 384 g/mol. The predicted molar refractivity (Wildman–Crippen MR) is 103 cm³/mol. The molecule has 0 saturated carbocycles. The first kappa shape index (κ1) is 18.7. The van der Waals surface area contributed by atoms with Crippen molar-refractivity contribution in [3.05, 3.63) is 42.0 Å². The summed E-state index contributed by atoms with van der Waals surface area (Å²) in [7, 11) is 0. The zero-order chi connectivity index (χ0) is 19.7. The summed E-state index contributed by atoms with van der Waals surface area (Å²) in [4.78, 5) is 28.3. The van der Waals surface area contributed by atoms with Crippen molar-refractivity contribution < 1.29 is 14.0 Å². The van der Waals surface area contributed by atoms with Gasteiger partial charge in [-0.1, -0.05) is 12.1 Å². The van der Waals surface area contributed by atoms with Gasteiger partial charge >= 0.3 is 0 Å². The number of nitrogens with one attached hydrogen (secondary N) is 1. The summed E-state index contributed by atoms with van der Waals surface area (Å²) in [5, 5.41) is 7.26. The van der Waals surface area contributed by atoms with Crippen LogP contribution < -0.4 is 0 Å². The largest absolute Gasteiger partial charge is 0.341 e. The summed E-state index contributed by atoms with van der Waals surface area (Å²) in [6, 6.07) is 6.14. The predicted octanol–water partition coefficient (Wildman–Crippen LogP) is 2.93. The molecule has 0 spiro atoms. The molecule has 1 N–H and O–H groups in total. The zero-order valence-corrected chi connectivity index (χ0v) is 16.0. The van der Waals surface area contributed by atoms with Crippen molar-refractivity contribution in [3.8, 4) is 11.1 Å². The second-order valence-electron chi connectivity index (χ2n) is 7.67. The normalized spacial score (nSPS) is 19.3. The molecule has 28 heavy (non-hydrogen) atoms. The third-order valence-corrected chi connectivity index (χ3v) is 5.95. The Hall–Kier alpha value is -2.70. The molecular weight excluding hydrogens is 359 g/mol. The van der Waals surface area contributed by atoms with Crippen LogP contribution in [0.5, 0.6) is 0 Å². The lowest BCUT2D eigenvalue weighted by atomic mass is 9.89. The van der Waals surface area contributed by atoms with Crippen LogP contribution in [0, 0.1) is 5.82 Å². The zero-order valence-electron chi connectivity index (χ0n) is 16.0. The molecule has 7 heteroatoms. The SMILES string of the molecule is C[C@@H](C(=O)N1CCC(c2[nH]ncc2-c2cccc(F)c2)CC1)N1CCCC1=O. The Morgan fingerprint density at radius 3 is 2.75 bits per heavy atom. The number of benzene rings is 1. The van der Waals surface area contributed by atoms with Crippen molar-refractivity contribution in [1.29, 1.82) is 0 Å². The number of aromatic nitrogens is 2. The van der Waals surface area contributed by atoms with Gasteiger partial charge in [0.2, 0.25) is 11.8 Å². The van der Waals surface area contributed by atoms with E-state index in [1.165, 1.54) is 12.1 Å². The molecule has 1 atom stereocenters. The van der Waals surface area contributed by atoms with Crippen molar-refractivity contribution >= 4 is 11.8 Å². The van der Waals surface area contributed by atoms with Gasteiger partial charge in [-0.3, -0.25) is 14.7 Å². The molecule has 2 aliphatic rings. The van der Waals surface area contributed by atoms with Gasteiger partial charge < -0.3 is 9.80 Å². The van der Waals surface area contributed by atoms with Gasteiger partial charge in [-0.15, -0.1) is 0 Å². The topological polar surface area (TPSA) is 69.3 Å². The highest BCUT2D eigenvalue weighted by Crippen LogP contribution is 2.34. The van der Waals surface area contributed by atoms with Crippen LogP contribution in [0.25, 0.3) is 11.1 Å². The number of aromatic amines is 1. The Bertz CT molecular complexity index is 873. The number of hydrogen-bond donors (Lipinski definition) is 1. The Kier molecular flexibility index (Phi) is 5.15. The van der Waals surface area contributed by atoms with Crippen molar-refractivity contribution in [2.75, 3.05) is 19.6 Å². The standard InChI is InChI=1S/C21H25FN4O2/c1-14(26-9-3-6-19(26)27)21(28)25-10-7-15(8-11-25)20-18(13-23-24-20)16-4-2-5-17(22)12-16/h2,4-5,12-15H,3,6-11H2,1H3,(H,23,24)/t14-/m0/s1. The molecule has 0 aliphatic carbocycles. The minimum absolute atomic E-state index is 0.0312. The summed E-state index contributed by atoms with van der Waals surface area (Å²) in [6.07, 6.45) is 4.75. The molecule has 6 nitrogen and oxygen atoms in total. The van der Waals surface area contributed by atoms with Gasteiger partial charge in [0, 0.05) is 43.2 Å². The number of piperidine rings is 1. The highest BCUT2D eigenvalue weighted by atomic mass is 19.1. The molecule has 0 unspecified atom stereocenters. The van der Waals surface area contributed by atoms with Crippen molar-refractivity contribution in [1.82, 2.24) is 20.0 Å². The third kappa shape index (κ3) is 3.53. The molecule has 2 aliphatic heterocycles. The van der Waals surface area contributed by atoms with Gasteiger partial charge in [0.1, 0.15) is 11.9 Å². The molecule has 1 aromatic heterocycles. The van der Waals surface area contributed by atoms with E-state index in [-0.39, 0.29) is 29.6 Å². The lowest BCUT2D eigenvalue weighted by Gasteiger charge is -2.35. The van der Waals surface area contributed by atoms with Crippen LogP contribution >= 0.6 is 0 Å². The van der Waals surface area contributed by atoms with Crippen molar-refractivity contribution in [2.24, 2.45) is 0 Å². The number of amides is 2. The van der Waals surface area contributed by atoms with Crippen LogP contribution in [0.3, 0.4) is 0 Å². The first-order valence-corrected chi connectivity index (χ1v) is 9.92. The van der Waals surface area contributed by atoms with Gasteiger partial charge in [0.05, 0.1) is 6.20 Å². The molecule has 0 bridgehead atoms. The summed E-state index contributed by atoms with van der Waals surface area (Å²) in [5.41, 5.74) is 2.73. The fraction of sp³-hybridized carbons (Fsp3) is 0.476. The van der Waals surface area contributed by atoms with E-state index in [2.05, 4.69) is 10.2 Å². The van der Waals surface area contributed by atoms with Gasteiger partial charge in [-0.2, -0.15) is 5.10 Å². The fourth-order valence-corrected chi connectivity index (χ4v) is 4.36. The average molecular weight is 384 g/mol. The molecule has 2 aromatic rings. The molecule has 2 fully saturated rings. The molecule has 1 aromatic carbocycles. The van der Waals surface area contributed by atoms with Crippen LogP contribution in [0.4, 0.5) is 4.39 Å². The van der Waals surface area contributed by atoms with E-state index in [1.54, 1.807) is 17.2 Å². The fourth-order valence-electron chi connectivity index (χ4n) is 4.36. The number of likely N-dealkylation sites (tertiary alicyclic amines) is 2. The summed E-state index contributed by atoms with van der Waals surface area (Å²) in [6.45, 7) is 3.80. The average Bonchev–Trinajstić information content (AvgIpc) is 3.36. The molecule has 4 rings (SSSR count). The molecule has 3 heterocycles. The lowest BCUT2D eigenvalue weighted by Crippen LogP contribution is -2.49. The van der Waals surface area contributed by atoms with Crippen LogP contribution in [-0.2, 0) is 9.59 Å². The van der Waals surface area contributed by atoms with Crippen LogP contribution in [0.1, 0.15) is 44.2 Å². The number of halogens is 1. The lowest BCUT2D eigenvalue weighted by molar-refractivity contribution is -0.143. The Balaban J connectivity index is 1.42. The van der Waals surface area contributed by atoms with E-state index in [0.717, 1.165) is 36.1 Å². The van der Waals surface area contributed by atoms with Crippen LogP contribution in [0.15, 0.2) is 30.5 Å². The molecule has 2 amide bonds. The van der Waals surface area contributed by atoms with E-state index < -0.39 is 0 Å². The maximum Gasteiger partial charge on any atom is 0.245 e. The number of rotatable bonds is 4. The highest BCUT2D eigenvalue weighted by molar-refractivity contribution is 5.88. The minimum atomic E-state index is -0.387. The Morgan fingerprint density at radius 2 is 2.07 bits per heavy atom. The molecule has 148 valence electrons. The first-order chi connectivity index (χ1) is 13.5. The number of nitrogens with zero attached hydrogens (tertiary/aromatic N) is 3. The van der Waals surface area contributed by atoms with E-state index in [0.29, 0.717) is 26.1 Å². The maximum atomic E-state index is 13.6. The number of carbonyl (C=O) groups is 2. The third-order valence-electron chi connectivity index (χ3n) is 5.95. The molecule has 0 radical (unpaired) electrons. The highest BCUT2D eigenvalue weighted by Gasteiger charge is 2.34. The van der Waals surface area contributed by atoms with Crippen molar-refractivity contribution in [2.45, 2.75) is 44.6 Å². The van der Waals surface area contributed by atoms with Gasteiger partial charge in [-0.05, 0) is 43.9 Å². The minimum Gasteiger partial charge on any atom is -0.341 e. The number of carbonyl (C=O) groups excluding carboxylic acids is 2. The first-order valence-electron chi connectivity index (χ1n) is 9.92. The second-order valence-corrected chi connectivity index (χ2v) is 7.67. The Labute approximate surface area is 163 Å².